The lowest BCUT2D eigenvalue weighted by atomic mass is 9.30. The molecule has 4 aliphatic heterocycles. The summed E-state index contributed by atoms with van der Waals surface area (Å²) < 4.78 is 176. The molecule has 12 aromatic carbocycles. The maximum absolute atomic E-state index is 11.6. The molecule has 94 heavy (non-hydrogen) atoms. The Labute approximate surface area is 579 Å². The van der Waals surface area contributed by atoms with E-state index < -0.39 is 114 Å². The highest BCUT2D eigenvalue weighted by atomic mass is 16.5. The van der Waals surface area contributed by atoms with Crippen LogP contribution < -0.4 is 52.1 Å². The topological polar surface area (TPSA) is 24.9 Å². The smallest absolute Gasteiger partial charge is 0.260 e. The summed E-state index contributed by atoms with van der Waals surface area (Å²) >= 11 is 0. The molecule has 458 valence electrons. The largest absolute Gasteiger partial charge is 0.459 e. The van der Waals surface area contributed by atoms with Crippen molar-refractivity contribution >= 4 is 80.3 Å². The second-order valence-corrected chi connectivity index (χ2v) is 29.2. The number of hydrogen-bond acceptors (Lipinski definition) is 4. The summed E-state index contributed by atoms with van der Waals surface area (Å²) in [6, 6.07) is 43.8. The van der Waals surface area contributed by atoms with E-state index in [1.165, 1.54) is 0 Å². The van der Waals surface area contributed by atoms with Gasteiger partial charge in [-0.3, -0.25) is 0 Å². The Morgan fingerprint density at radius 3 is 1.18 bits per heavy atom. The number of hydrogen-bond donors (Lipinski definition) is 0. The number of rotatable bonds is 7. The molecule has 16 rings (SSSR count). The summed E-state index contributed by atoms with van der Waals surface area (Å²) in [6.45, 7) is 21.5. The molecule has 6 heteroatoms. The van der Waals surface area contributed by atoms with Crippen molar-refractivity contribution in [1.82, 2.24) is 0 Å². The number of para-hydroxylation sites is 2. The van der Waals surface area contributed by atoms with Gasteiger partial charge in [-0.25, -0.2) is 0 Å². The molecule has 0 N–H and O–H groups in total. The molecular formula is C88H78B2N2O2. The molecule has 0 amide bonds. The highest BCUT2D eigenvalue weighted by Gasteiger charge is 2.51. The first-order valence-electron chi connectivity index (χ1n) is 40.2. The van der Waals surface area contributed by atoms with Crippen LogP contribution in [0.2, 0.25) is 0 Å². The molecule has 0 bridgehead atoms. The van der Waals surface area contributed by atoms with Gasteiger partial charge in [-0.2, -0.15) is 0 Å². The second-order valence-electron chi connectivity index (χ2n) is 29.2. The van der Waals surface area contributed by atoms with Crippen molar-refractivity contribution in [2.45, 2.75) is 105 Å². The van der Waals surface area contributed by atoms with E-state index in [4.69, 9.17) is 9.47 Å². The van der Waals surface area contributed by atoms with E-state index in [9.17, 15) is 21.9 Å². The van der Waals surface area contributed by atoms with Crippen LogP contribution in [-0.4, -0.2) is 13.4 Å². The predicted molar refractivity (Wildman–Crippen MR) is 400 cm³/mol. The normalized spacial score (nSPS) is 16.0. The van der Waals surface area contributed by atoms with E-state index in [2.05, 4.69) is 98.7 Å². The summed E-state index contributed by atoms with van der Waals surface area (Å²) in [7, 11) is 0. The molecule has 0 saturated heterocycles. The number of nitrogens with zero attached hydrogens (tertiary/aromatic N) is 2. The number of anilines is 6. The van der Waals surface area contributed by atoms with Crippen molar-refractivity contribution in [3.8, 4) is 78.6 Å². The number of benzene rings is 12. The van der Waals surface area contributed by atoms with Crippen LogP contribution in [0.1, 0.15) is 127 Å². The van der Waals surface area contributed by atoms with E-state index in [0.717, 1.165) is 38.9 Å². The van der Waals surface area contributed by atoms with Crippen LogP contribution in [0.4, 0.5) is 34.1 Å². The quantitative estimate of drug-likeness (QED) is 0.149. The van der Waals surface area contributed by atoms with Crippen LogP contribution in [0, 0.1) is 0 Å². The molecule has 0 saturated carbocycles. The zero-order valence-electron chi connectivity index (χ0n) is 70.9. The molecule has 0 aliphatic carbocycles. The molecule has 4 nitrogen and oxygen atoms in total. The molecule has 4 aliphatic rings. The lowest BCUT2D eigenvalue weighted by Gasteiger charge is -2.48. The van der Waals surface area contributed by atoms with Crippen LogP contribution in [0.15, 0.2) is 254 Å². The fourth-order valence-corrected chi connectivity index (χ4v) is 13.9. The van der Waals surface area contributed by atoms with E-state index in [0.29, 0.717) is 50.5 Å². The Hall–Kier alpha value is -10.0. The lowest BCUT2D eigenvalue weighted by Crippen LogP contribution is -2.65. The summed E-state index contributed by atoms with van der Waals surface area (Å²) in [4.78, 5) is 4.05. The van der Waals surface area contributed by atoms with Gasteiger partial charge in [0.2, 0.25) is 0 Å². The third-order valence-corrected chi connectivity index (χ3v) is 18.8. The van der Waals surface area contributed by atoms with Gasteiger partial charge in [-0.05, 0) is 159 Å². The average Bonchev–Trinajstić information content (AvgIpc) is 0.664. The summed E-state index contributed by atoms with van der Waals surface area (Å²) in [5, 5.41) is 0. The molecule has 0 fully saturated rings. The molecule has 12 aromatic rings. The fourth-order valence-electron chi connectivity index (χ4n) is 13.9. The first-order valence-corrected chi connectivity index (χ1v) is 32.2. The van der Waals surface area contributed by atoms with Crippen molar-refractivity contribution < 1.29 is 31.4 Å². The minimum Gasteiger partial charge on any atom is -0.459 e. The van der Waals surface area contributed by atoms with E-state index in [-0.39, 0.29) is 96.5 Å². The number of fused-ring (bicyclic) bond motifs is 9. The van der Waals surface area contributed by atoms with Crippen molar-refractivity contribution in [3.63, 3.8) is 0 Å². The molecular weight excluding hydrogens is 1140 g/mol. The molecule has 4 heterocycles. The Bertz CT molecular complexity index is 5850. The fraction of sp³-hybridized carbons (Fsp3) is 0.182. The monoisotopic (exact) mass is 1230 g/mol. The first-order chi connectivity index (χ1) is 51.9. The third kappa shape index (κ3) is 9.73. The van der Waals surface area contributed by atoms with Gasteiger partial charge in [-0.1, -0.05) is 277 Å². The van der Waals surface area contributed by atoms with Crippen molar-refractivity contribution in [3.05, 3.63) is 277 Å². The van der Waals surface area contributed by atoms with Crippen LogP contribution in [-0.2, 0) is 21.7 Å². The highest BCUT2D eigenvalue weighted by Crippen LogP contribution is 2.56. The van der Waals surface area contributed by atoms with E-state index in [1.807, 2.05) is 131 Å². The highest BCUT2D eigenvalue weighted by molar-refractivity contribution is 7.03. The van der Waals surface area contributed by atoms with Gasteiger partial charge < -0.3 is 19.3 Å². The van der Waals surface area contributed by atoms with E-state index in [1.54, 1.807) is 20.8 Å². The van der Waals surface area contributed by atoms with Crippen LogP contribution >= 0.6 is 0 Å². The minimum atomic E-state index is -1.56. The summed E-state index contributed by atoms with van der Waals surface area (Å²) in [5.74, 6) is -1.14. The number of ether oxygens (including phenoxy) is 2. The van der Waals surface area contributed by atoms with Crippen LogP contribution in [0.5, 0.6) is 23.0 Å². The zero-order valence-corrected chi connectivity index (χ0v) is 54.9. The Morgan fingerprint density at radius 1 is 0.309 bits per heavy atom. The van der Waals surface area contributed by atoms with Gasteiger partial charge >= 0.3 is 0 Å². The lowest BCUT2D eigenvalue weighted by molar-refractivity contribution is 0.467. The third-order valence-electron chi connectivity index (χ3n) is 18.8. The van der Waals surface area contributed by atoms with Gasteiger partial charge in [0.25, 0.3) is 13.4 Å². The summed E-state index contributed by atoms with van der Waals surface area (Å²) in [5.41, 5.74) is 7.59. The molecule has 0 atom stereocenters. The average molecular weight is 1230 g/mol. The standard InChI is InChI=1S/C88H78B2N2O2/c1-85(2,3)61-39-29-38-59(46-61)60-44-45-69-72(47-60)91(82-65(55-30-17-13-18-31-55)48-62(86(4,5)6)49-66(82)56-32-19-14-20-33-56)73-52-64(88(10,11)12)53-74-79(73)90(69)80-75(54-78-81-84(80)94-77-43-28-26-41-71(77)89(81)70-40-25-27-42-76(70)93-78)92(74)83-67(57-34-21-15-22-35-57)50-63(87(7,8)9)51-68(83)58-36-23-16-24-37-58/h13-54H,1-12H3/i25D,26D,27D,28D,29D,38D,39D,40D,41D,42D,43D,44D,45D,46D,47D,54D. The van der Waals surface area contributed by atoms with Gasteiger partial charge in [0.15, 0.2) is 0 Å². The minimum absolute atomic E-state index is 0.0108. The predicted octanol–water partition coefficient (Wildman–Crippen LogP) is 20.0. The molecule has 0 spiro atoms. The van der Waals surface area contributed by atoms with Crippen molar-refractivity contribution in [2.24, 2.45) is 0 Å². The Morgan fingerprint density at radius 2 is 0.723 bits per heavy atom. The summed E-state index contributed by atoms with van der Waals surface area (Å²) in [6.07, 6.45) is 0. The maximum Gasteiger partial charge on any atom is 0.260 e. The zero-order chi connectivity index (χ0) is 78.7. The Kier molecular flexibility index (Phi) is 10.1. The van der Waals surface area contributed by atoms with Crippen LogP contribution in [0.25, 0.3) is 55.6 Å². The Balaban J connectivity index is 1.21. The molecule has 0 aromatic heterocycles. The van der Waals surface area contributed by atoms with Crippen molar-refractivity contribution in [2.75, 3.05) is 9.80 Å². The van der Waals surface area contributed by atoms with Crippen LogP contribution in [0.3, 0.4) is 0 Å². The van der Waals surface area contributed by atoms with Gasteiger partial charge in [0, 0.05) is 56.5 Å². The van der Waals surface area contributed by atoms with E-state index >= 15 is 0 Å². The molecule has 0 radical (unpaired) electrons. The van der Waals surface area contributed by atoms with Crippen molar-refractivity contribution in [1.29, 1.82) is 0 Å². The SMILES string of the molecule is [2H]c1c([2H])c([2H])c2c(c1[2H])Oc1c([2H])c3c(c4c1B2c1c([2H])c([2H])c([2H])c([2H])c1O4)B1c2c(cc(C(C)(C)C)cc2N3c2c(-c3ccccc3)cc(C(C)(C)C)cc2-c2ccccc2)N(c2c(-c3ccccc3)cc(C(C)(C)C)cc2-c2ccccc2)c2c([2H])c(-c3c([2H])c([2H])c([2H])c(C(C)(C)C)c3[2H])c([2H])c([2H])c21. The van der Waals surface area contributed by atoms with Gasteiger partial charge in [0.05, 0.1) is 33.3 Å². The molecule has 0 unspecified atom stereocenters. The van der Waals surface area contributed by atoms with Gasteiger partial charge in [-0.15, -0.1) is 0 Å². The second kappa shape index (κ2) is 21.8. The first kappa shape index (κ1) is 43.7. The van der Waals surface area contributed by atoms with Gasteiger partial charge in [0.1, 0.15) is 23.0 Å². The maximum atomic E-state index is 11.6.